The van der Waals surface area contributed by atoms with Crippen LogP contribution in [0, 0.1) is 21.8 Å². The van der Waals surface area contributed by atoms with Crippen molar-refractivity contribution >= 4 is 11.5 Å². The third kappa shape index (κ3) is 3.36. The molecule has 0 saturated heterocycles. The van der Waals surface area contributed by atoms with Gasteiger partial charge in [0.1, 0.15) is 5.78 Å². The molecule has 1 aromatic carbocycles. The summed E-state index contributed by atoms with van der Waals surface area (Å²) >= 11 is 0. The van der Waals surface area contributed by atoms with Crippen molar-refractivity contribution in [1.82, 2.24) is 0 Å². The number of ketones is 1. The number of benzene rings is 1. The Balaban J connectivity index is 2.08. The van der Waals surface area contributed by atoms with Gasteiger partial charge in [0.05, 0.1) is 4.92 Å². The van der Waals surface area contributed by atoms with Gasteiger partial charge in [-0.05, 0) is 24.5 Å². The van der Waals surface area contributed by atoms with E-state index in [1.54, 1.807) is 0 Å². The highest BCUT2D eigenvalue weighted by Gasteiger charge is 2.22. The molecule has 2 rings (SSSR count). The highest BCUT2D eigenvalue weighted by molar-refractivity contribution is 5.83. The van der Waals surface area contributed by atoms with Gasteiger partial charge in [0.25, 0.3) is 0 Å². The van der Waals surface area contributed by atoms with Crippen LogP contribution >= 0.6 is 0 Å². The molecule has 1 saturated carbocycles. The molecule has 0 bridgehead atoms. The summed E-state index contributed by atoms with van der Waals surface area (Å²) in [6.07, 6.45) is 5.28. The average molecular weight is 265 g/mol. The van der Waals surface area contributed by atoms with Gasteiger partial charge in [-0.3, -0.25) is 14.9 Å². The molecule has 1 aliphatic carbocycles. The van der Waals surface area contributed by atoms with E-state index in [9.17, 15) is 19.3 Å². The molecule has 19 heavy (non-hydrogen) atoms. The fourth-order valence-corrected chi connectivity index (χ4v) is 2.58. The minimum absolute atomic E-state index is 0.0675. The van der Waals surface area contributed by atoms with Gasteiger partial charge in [-0.15, -0.1) is 0 Å². The Bertz CT molecular complexity index is 495. The van der Waals surface area contributed by atoms with E-state index in [0.717, 1.165) is 37.8 Å². The van der Waals surface area contributed by atoms with Crippen LogP contribution in [0.2, 0.25) is 0 Å². The number of hydrogen-bond donors (Lipinski definition) is 0. The molecule has 1 aromatic rings. The average Bonchev–Trinajstić information content (AvgIpc) is 2.41. The highest BCUT2D eigenvalue weighted by atomic mass is 19.1. The monoisotopic (exact) mass is 265 g/mol. The fourth-order valence-electron chi connectivity index (χ4n) is 2.58. The Morgan fingerprint density at radius 1 is 1.32 bits per heavy atom. The summed E-state index contributed by atoms with van der Waals surface area (Å²) in [4.78, 5) is 22.0. The second kappa shape index (κ2) is 5.91. The zero-order chi connectivity index (χ0) is 13.8. The molecule has 1 fully saturated rings. The van der Waals surface area contributed by atoms with Gasteiger partial charge in [-0.1, -0.05) is 25.3 Å². The van der Waals surface area contributed by atoms with Crippen LogP contribution < -0.4 is 0 Å². The van der Waals surface area contributed by atoms with E-state index in [1.807, 2.05) is 0 Å². The minimum Gasteiger partial charge on any atom is -0.299 e. The molecule has 0 N–H and O–H groups in total. The van der Waals surface area contributed by atoms with Crippen molar-refractivity contribution in [2.24, 2.45) is 5.92 Å². The molecule has 0 aromatic heterocycles. The zero-order valence-corrected chi connectivity index (χ0v) is 10.6. The van der Waals surface area contributed by atoms with Crippen LogP contribution in [0.3, 0.4) is 0 Å². The third-order valence-electron chi connectivity index (χ3n) is 3.65. The van der Waals surface area contributed by atoms with Crippen LogP contribution in [0.25, 0.3) is 0 Å². The number of nitro benzene ring substituents is 1. The molecule has 0 radical (unpaired) electrons. The Morgan fingerprint density at radius 2 is 2.00 bits per heavy atom. The maximum absolute atomic E-state index is 13.2. The Hall–Kier alpha value is -1.78. The summed E-state index contributed by atoms with van der Waals surface area (Å²) in [7, 11) is 0. The van der Waals surface area contributed by atoms with Crippen LogP contribution in [0.4, 0.5) is 10.1 Å². The summed E-state index contributed by atoms with van der Waals surface area (Å²) < 4.78 is 13.2. The first kappa shape index (κ1) is 13.6. The largest absolute Gasteiger partial charge is 0.305 e. The van der Waals surface area contributed by atoms with Gasteiger partial charge < -0.3 is 0 Å². The molecule has 102 valence electrons. The number of hydrogen-bond acceptors (Lipinski definition) is 3. The topological polar surface area (TPSA) is 60.2 Å². The molecular weight excluding hydrogens is 249 g/mol. The van der Waals surface area contributed by atoms with Crippen molar-refractivity contribution in [2.75, 3.05) is 0 Å². The summed E-state index contributed by atoms with van der Waals surface area (Å²) in [5.41, 5.74) is -0.0439. The van der Waals surface area contributed by atoms with Gasteiger partial charge >= 0.3 is 5.69 Å². The van der Waals surface area contributed by atoms with E-state index < -0.39 is 16.4 Å². The van der Waals surface area contributed by atoms with Gasteiger partial charge in [0.15, 0.2) is 0 Å². The molecule has 4 nitrogen and oxygen atoms in total. The van der Waals surface area contributed by atoms with Crippen LogP contribution in [-0.2, 0) is 11.2 Å². The lowest BCUT2D eigenvalue weighted by Crippen LogP contribution is -2.19. The van der Waals surface area contributed by atoms with Gasteiger partial charge in [0.2, 0.25) is 5.82 Å². The maximum Gasteiger partial charge on any atom is 0.305 e. The molecule has 0 amide bonds. The molecule has 0 spiro atoms. The predicted octanol–water partition coefficient (Wildman–Crippen LogP) is 3.43. The lowest BCUT2D eigenvalue weighted by molar-refractivity contribution is -0.387. The van der Waals surface area contributed by atoms with E-state index >= 15 is 0 Å². The zero-order valence-electron chi connectivity index (χ0n) is 10.6. The van der Waals surface area contributed by atoms with Gasteiger partial charge in [-0.25, -0.2) is 0 Å². The molecule has 1 aliphatic rings. The van der Waals surface area contributed by atoms with Crippen molar-refractivity contribution in [3.05, 3.63) is 39.7 Å². The number of nitro groups is 1. The minimum atomic E-state index is -0.862. The quantitative estimate of drug-likeness (QED) is 0.619. The van der Waals surface area contributed by atoms with Crippen molar-refractivity contribution in [1.29, 1.82) is 0 Å². The van der Waals surface area contributed by atoms with Crippen LogP contribution in [-0.4, -0.2) is 10.7 Å². The standard InChI is InChI=1S/C14H16FNO3/c15-12-7-6-10(8-13(12)16(18)19)9-14(17)11-4-2-1-3-5-11/h6-8,11H,1-5,9H2. The van der Waals surface area contributed by atoms with Crippen molar-refractivity contribution in [3.63, 3.8) is 0 Å². The van der Waals surface area contributed by atoms with Crippen molar-refractivity contribution in [2.45, 2.75) is 38.5 Å². The Morgan fingerprint density at radius 3 is 2.63 bits per heavy atom. The van der Waals surface area contributed by atoms with Gasteiger partial charge in [0, 0.05) is 18.4 Å². The molecule has 0 atom stereocenters. The van der Waals surface area contributed by atoms with E-state index in [0.29, 0.717) is 5.56 Å². The molecule has 0 aliphatic heterocycles. The first-order chi connectivity index (χ1) is 9.08. The van der Waals surface area contributed by atoms with E-state index in [2.05, 4.69) is 0 Å². The first-order valence-corrected chi connectivity index (χ1v) is 6.53. The van der Waals surface area contributed by atoms with Crippen LogP contribution in [0.5, 0.6) is 0 Å². The first-order valence-electron chi connectivity index (χ1n) is 6.53. The van der Waals surface area contributed by atoms with Crippen molar-refractivity contribution in [3.8, 4) is 0 Å². The number of halogens is 1. The molecule has 0 heterocycles. The summed E-state index contributed by atoms with van der Waals surface area (Å²) in [6, 6.07) is 3.67. The second-order valence-corrected chi connectivity index (χ2v) is 5.02. The fraction of sp³-hybridized carbons (Fsp3) is 0.500. The normalized spacial score (nSPS) is 16.3. The number of Topliss-reactive ketones (excluding diaryl/α,β-unsaturated/α-hetero) is 1. The lowest BCUT2D eigenvalue weighted by atomic mass is 9.84. The highest BCUT2D eigenvalue weighted by Crippen LogP contribution is 2.26. The summed E-state index contributed by atoms with van der Waals surface area (Å²) in [5, 5.41) is 10.6. The molecule has 5 heteroatoms. The number of carbonyl (C=O) groups is 1. The molecule has 0 unspecified atom stereocenters. The molecular formula is C14H16FNO3. The van der Waals surface area contributed by atoms with E-state index in [4.69, 9.17) is 0 Å². The Kier molecular flexibility index (Phi) is 4.24. The lowest BCUT2D eigenvalue weighted by Gasteiger charge is -2.20. The number of nitrogens with zero attached hydrogens (tertiary/aromatic N) is 1. The second-order valence-electron chi connectivity index (χ2n) is 5.02. The third-order valence-corrected chi connectivity index (χ3v) is 3.65. The number of rotatable bonds is 4. The SMILES string of the molecule is O=C(Cc1ccc(F)c([N+](=O)[O-])c1)C1CCCCC1. The van der Waals surface area contributed by atoms with E-state index in [-0.39, 0.29) is 18.1 Å². The van der Waals surface area contributed by atoms with Crippen molar-refractivity contribution < 1.29 is 14.1 Å². The van der Waals surface area contributed by atoms with Crippen LogP contribution in [0.15, 0.2) is 18.2 Å². The maximum atomic E-state index is 13.2. The van der Waals surface area contributed by atoms with Crippen LogP contribution in [0.1, 0.15) is 37.7 Å². The predicted molar refractivity (Wildman–Crippen MR) is 68.3 cm³/mol. The number of carbonyl (C=O) groups excluding carboxylic acids is 1. The van der Waals surface area contributed by atoms with Gasteiger partial charge in [-0.2, -0.15) is 4.39 Å². The Labute approximate surface area is 110 Å². The summed E-state index contributed by atoms with van der Waals surface area (Å²) in [6.45, 7) is 0. The smallest absolute Gasteiger partial charge is 0.299 e. The van der Waals surface area contributed by atoms with E-state index in [1.165, 1.54) is 12.5 Å². The summed E-state index contributed by atoms with van der Waals surface area (Å²) in [5.74, 6) is -0.683.